The summed E-state index contributed by atoms with van der Waals surface area (Å²) in [6.45, 7) is 4.13. The molecule has 6 heteroatoms. The predicted octanol–water partition coefficient (Wildman–Crippen LogP) is 2.79. The monoisotopic (exact) mass is 321 g/mol. The van der Waals surface area contributed by atoms with Crippen molar-refractivity contribution in [3.05, 3.63) is 35.5 Å². The molecule has 6 nitrogen and oxygen atoms in total. The van der Waals surface area contributed by atoms with Crippen molar-refractivity contribution in [2.45, 2.75) is 19.3 Å². The van der Waals surface area contributed by atoms with Crippen molar-refractivity contribution < 1.29 is 4.74 Å². The fraction of sp³-hybridized carbons (Fsp3) is 0.389. The summed E-state index contributed by atoms with van der Waals surface area (Å²) >= 11 is 0. The van der Waals surface area contributed by atoms with Gasteiger partial charge < -0.3 is 15.0 Å². The van der Waals surface area contributed by atoms with E-state index in [4.69, 9.17) is 20.5 Å². The molecule has 1 aliphatic rings. The van der Waals surface area contributed by atoms with Crippen molar-refractivity contribution in [2.24, 2.45) is 0 Å². The molecular weight excluding hydrogens is 302 g/mol. The van der Waals surface area contributed by atoms with Crippen molar-refractivity contribution in [1.29, 1.82) is 15.8 Å². The highest BCUT2D eigenvalue weighted by Gasteiger charge is 2.10. The SMILES string of the molecule is N#CC(C#N)=C(C#N)Nc1ccc(OCCCN2CCCC2)cc1. The third-order valence-corrected chi connectivity index (χ3v) is 3.80. The third kappa shape index (κ3) is 5.02. The van der Waals surface area contributed by atoms with E-state index < -0.39 is 0 Å². The Hall–Kier alpha value is -3.01. The van der Waals surface area contributed by atoms with Crippen LogP contribution in [0.5, 0.6) is 5.75 Å². The Kier molecular flexibility index (Phi) is 6.65. The minimum atomic E-state index is -0.236. The molecule has 24 heavy (non-hydrogen) atoms. The lowest BCUT2D eigenvalue weighted by Gasteiger charge is -2.14. The van der Waals surface area contributed by atoms with Crippen LogP contribution in [0.2, 0.25) is 0 Å². The highest BCUT2D eigenvalue weighted by Crippen LogP contribution is 2.18. The largest absolute Gasteiger partial charge is 0.494 e. The zero-order chi connectivity index (χ0) is 17.2. The summed E-state index contributed by atoms with van der Waals surface area (Å²) in [5.74, 6) is 0.755. The lowest BCUT2D eigenvalue weighted by atomic mass is 10.2. The minimum Gasteiger partial charge on any atom is -0.494 e. The quantitative estimate of drug-likeness (QED) is 0.613. The maximum Gasteiger partial charge on any atom is 0.163 e. The summed E-state index contributed by atoms with van der Waals surface area (Å²) in [7, 11) is 0. The van der Waals surface area contributed by atoms with Gasteiger partial charge in [0, 0.05) is 12.2 Å². The Labute approximate surface area is 142 Å². The molecule has 1 heterocycles. The number of rotatable bonds is 7. The molecule has 0 amide bonds. The molecule has 0 spiro atoms. The first kappa shape index (κ1) is 17.3. The van der Waals surface area contributed by atoms with Gasteiger partial charge in [-0.1, -0.05) is 0 Å². The first-order valence-electron chi connectivity index (χ1n) is 7.93. The van der Waals surface area contributed by atoms with E-state index in [9.17, 15) is 0 Å². The number of hydrogen-bond acceptors (Lipinski definition) is 6. The van der Waals surface area contributed by atoms with Gasteiger partial charge in [0.2, 0.25) is 0 Å². The average molecular weight is 321 g/mol. The topological polar surface area (TPSA) is 95.9 Å². The molecule has 1 aliphatic heterocycles. The molecule has 0 atom stereocenters. The van der Waals surface area contributed by atoms with Crippen LogP contribution in [0.3, 0.4) is 0 Å². The molecule has 122 valence electrons. The zero-order valence-electron chi connectivity index (χ0n) is 13.5. The molecule has 1 aromatic rings. The fourth-order valence-electron chi connectivity index (χ4n) is 2.55. The van der Waals surface area contributed by atoms with Crippen molar-refractivity contribution >= 4 is 5.69 Å². The van der Waals surface area contributed by atoms with E-state index in [2.05, 4.69) is 10.2 Å². The Morgan fingerprint density at radius 1 is 1.04 bits per heavy atom. The molecule has 0 bridgehead atoms. The summed E-state index contributed by atoms with van der Waals surface area (Å²) in [6, 6.07) is 12.3. The number of hydrogen-bond donors (Lipinski definition) is 1. The molecule has 0 radical (unpaired) electrons. The average Bonchev–Trinajstić information content (AvgIpc) is 3.13. The van der Waals surface area contributed by atoms with Crippen LogP contribution >= 0.6 is 0 Å². The summed E-state index contributed by atoms with van der Waals surface area (Å²) in [5.41, 5.74) is 0.331. The van der Waals surface area contributed by atoms with E-state index >= 15 is 0 Å². The molecule has 2 rings (SSSR count). The second-order valence-corrected chi connectivity index (χ2v) is 5.49. The van der Waals surface area contributed by atoms with E-state index in [0.717, 1.165) is 18.7 Å². The van der Waals surface area contributed by atoms with Crippen LogP contribution in [0.4, 0.5) is 5.69 Å². The van der Waals surface area contributed by atoms with Crippen molar-refractivity contribution in [3.63, 3.8) is 0 Å². The number of likely N-dealkylation sites (tertiary alicyclic amines) is 1. The van der Waals surface area contributed by atoms with E-state index in [-0.39, 0.29) is 11.3 Å². The molecular formula is C18H19N5O. The number of nitrogens with one attached hydrogen (secondary N) is 1. The van der Waals surface area contributed by atoms with Crippen LogP contribution < -0.4 is 10.1 Å². The second kappa shape index (κ2) is 9.20. The molecule has 1 aromatic carbocycles. The number of nitriles is 3. The molecule has 0 aliphatic carbocycles. The van der Waals surface area contributed by atoms with Crippen LogP contribution in [0.1, 0.15) is 19.3 Å². The summed E-state index contributed by atoms with van der Waals surface area (Å²) in [4.78, 5) is 2.45. The van der Waals surface area contributed by atoms with E-state index in [1.54, 1.807) is 36.4 Å². The highest BCUT2D eigenvalue weighted by atomic mass is 16.5. The highest BCUT2D eigenvalue weighted by molar-refractivity contribution is 5.58. The van der Waals surface area contributed by atoms with Gasteiger partial charge in [-0.25, -0.2) is 0 Å². The molecule has 0 aromatic heterocycles. The van der Waals surface area contributed by atoms with Crippen LogP contribution in [-0.4, -0.2) is 31.1 Å². The number of benzene rings is 1. The van der Waals surface area contributed by atoms with Gasteiger partial charge in [-0.05, 0) is 56.6 Å². The maximum absolute atomic E-state index is 9.01. The zero-order valence-corrected chi connectivity index (χ0v) is 13.5. The number of ether oxygens (including phenoxy) is 1. The van der Waals surface area contributed by atoms with Crippen molar-refractivity contribution in [2.75, 3.05) is 31.6 Å². The summed E-state index contributed by atoms with van der Waals surface area (Å²) < 4.78 is 5.71. The summed E-state index contributed by atoms with van der Waals surface area (Å²) in [6.07, 6.45) is 3.59. The van der Waals surface area contributed by atoms with E-state index in [1.807, 2.05) is 6.07 Å². The molecule has 1 saturated heterocycles. The van der Waals surface area contributed by atoms with Crippen LogP contribution in [0.25, 0.3) is 0 Å². The number of allylic oxidation sites excluding steroid dienone is 2. The van der Waals surface area contributed by atoms with Crippen LogP contribution in [0, 0.1) is 34.0 Å². The van der Waals surface area contributed by atoms with Gasteiger partial charge in [0.15, 0.2) is 5.57 Å². The Balaban J connectivity index is 1.82. The first-order chi connectivity index (χ1) is 11.8. The summed E-state index contributed by atoms with van der Waals surface area (Å²) in [5, 5.41) is 29.4. The fourth-order valence-corrected chi connectivity index (χ4v) is 2.55. The van der Waals surface area contributed by atoms with Gasteiger partial charge in [0.25, 0.3) is 0 Å². The third-order valence-electron chi connectivity index (χ3n) is 3.80. The van der Waals surface area contributed by atoms with E-state index in [0.29, 0.717) is 12.3 Å². The van der Waals surface area contributed by atoms with Gasteiger partial charge in [-0.2, -0.15) is 15.8 Å². The predicted molar refractivity (Wildman–Crippen MR) is 89.7 cm³/mol. The Bertz CT molecular complexity index is 681. The minimum absolute atomic E-state index is 0.0562. The van der Waals surface area contributed by atoms with Crippen molar-refractivity contribution in [1.82, 2.24) is 4.90 Å². The van der Waals surface area contributed by atoms with Gasteiger partial charge in [0.05, 0.1) is 6.61 Å². The first-order valence-corrected chi connectivity index (χ1v) is 7.93. The van der Waals surface area contributed by atoms with Crippen molar-refractivity contribution in [3.8, 4) is 24.0 Å². The van der Waals surface area contributed by atoms with E-state index in [1.165, 1.54) is 25.9 Å². The Morgan fingerprint density at radius 3 is 2.29 bits per heavy atom. The van der Waals surface area contributed by atoms with Gasteiger partial charge >= 0.3 is 0 Å². The lowest BCUT2D eigenvalue weighted by molar-refractivity contribution is 0.263. The van der Waals surface area contributed by atoms with Crippen LogP contribution in [0.15, 0.2) is 35.5 Å². The standard InChI is InChI=1S/C18H19N5O/c19-12-15(13-20)18(14-21)22-16-4-6-17(7-5-16)24-11-3-10-23-8-1-2-9-23/h4-7,22H,1-3,8-11H2. The smallest absolute Gasteiger partial charge is 0.163 e. The molecule has 0 unspecified atom stereocenters. The maximum atomic E-state index is 9.01. The lowest BCUT2D eigenvalue weighted by Crippen LogP contribution is -2.21. The Morgan fingerprint density at radius 2 is 1.71 bits per heavy atom. The van der Waals surface area contributed by atoms with Gasteiger partial charge in [0.1, 0.15) is 29.7 Å². The van der Waals surface area contributed by atoms with Gasteiger partial charge in [-0.3, -0.25) is 0 Å². The second-order valence-electron chi connectivity index (χ2n) is 5.49. The normalized spacial score (nSPS) is 13.4. The molecule has 0 saturated carbocycles. The van der Waals surface area contributed by atoms with Crippen LogP contribution in [-0.2, 0) is 0 Å². The van der Waals surface area contributed by atoms with Gasteiger partial charge in [-0.15, -0.1) is 0 Å². The number of anilines is 1. The number of nitrogens with zero attached hydrogens (tertiary/aromatic N) is 4. The molecule has 1 fully saturated rings. The molecule has 1 N–H and O–H groups in total.